The third kappa shape index (κ3) is 4.22. The Hall–Kier alpha value is -1.63. The summed E-state index contributed by atoms with van der Waals surface area (Å²) in [5, 5.41) is 0. The Kier molecular flexibility index (Phi) is 6.16. The lowest BCUT2D eigenvalue weighted by Gasteiger charge is -2.25. The van der Waals surface area contributed by atoms with Crippen LogP contribution in [0.25, 0.3) is 0 Å². The standard InChI is InChI=1S/C16H20F4O3/c1-8(16(2,3)4)15(21)23-7-10-13(19)11(17)9(6-22-5)12(18)14(10)20/h8H,6-7H2,1-5H3. The van der Waals surface area contributed by atoms with Crippen molar-refractivity contribution in [2.75, 3.05) is 7.11 Å². The average Bonchev–Trinajstić information content (AvgIpc) is 2.47. The number of carbonyl (C=O) groups is 1. The van der Waals surface area contributed by atoms with Crippen LogP contribution in [0.1, 0.15) is 38.8 Å². The van der Waals surface area contributed by atoms with Crippen molar-refractivity contribution in [2.45, 2.75) is 40.9 Å². The predicted octanol–water partition coefficient (Wildman–Crippen LogP) is 4.11. The van der Waals surface area contributed by atoms with Gasteiger partial charge >= 0.3 is 5.97 Å². The van der Waals surface area contributed by atoms with Crippen LogP contribution < -0.4 is 0 Å². The highest BCUT2D eigenvalue weighted by atomic mass is 19.2. The molecule has 0 aromatic heterocycles. The minimum atomic E-state index is -1.59. The minimum Gasteiger partial charge on any atom is -0.460 e. The van der Waals surface area contributed by atoms with Crippen LogP contribution >= 0.6 is 0 Å². The molecule has 0 saturated carbocycles. The molecule has 0 N–H and O–H groups in total. The number of rotatable bonds is 5. The molecule has 1 unspecified atom stereocenters. The Bertz CT molecular complexity index is 565. The monoisotopic (exact) mass is 336 g/mol. The van der Waals surface area contributed by atoms with Crippen LogP contribution in [0.5, 0.6) is 0 Å². The van der Waals surface area contributed by atoms with Gasteiger partial charge in [-0.2, -0.15) is 0 Å². The SMILES string of the molecule is COCc1c(F)c(F)c(COC(=O)C(C)C(C)(C)C)c(F)c1F. The molecular formula is C16H20F4O3. The summed E-state index contributed by atoms with van der Waals surface area (Å²) >= 11 is 0. The second kappa shape index (κ2) is 7.29. The molecule has 0 bridgehead atoms. The molecule has 23 heavy (non-hydrogen) atoms. The Morgan fingerprint density at radius 3 is 1.70 bits per heavy atom. The van der Waals surface area contributed by atoms with Crippen molar-refractivity contribution < 1.29 is 31.8 Å². The summed E-state index contributed by atoms with van der Waals surface area (Å²) in [6.45, 7) is 5.46. The fourth-order valence-corrected chi connectivity index (χ4v) is 1.74. The zero-order valence-electron chi connectivity index (χ0n) is 13.7. The zero-order valence-corrected chi connectivity index (χ0v) is 13.7. The Morgan fingerprint density at radius 2 is 1.35 bits per heavy atom. The summed E-state index contributed by atoms with van der Waals surface area (Å²) in [7, 11) is 1.14. The third-order valence-electron chi connectivity index (χ3n) is 3.75. The lowest BCUT2D eigenvalue weighted by molar-refractivity contribution is -0.153. The van der Waals surface area contributed by atoms with E-state index in [0.717, 1.165) is 7.11 Å². The quantitative estimate of drug-likeness (QED) is 0.461. The van der Waals surface area contributed by atoms with Crippen LogP contribution in [-0.4, -0.2) is 13.1 Å². The molecule has 0 fully saturated rings. The van der Waals surface area contributed by atoms with E-state index in [1.54, 1.807) is 27.7 Å². The number of halogens is 4. The first-order valence-electron chi connectivity index (χ1n) is 7.01. The van der Waals surface area contributed by atoms with E-state index in [2.05, 4.69) is 4.74 Å². The molecule has 0 saturated heterocycles. The molecule has 7 heteroatoms. The van der Waals surface area contributed by atoms with Crippen molar-refractivity contribution in [1.29, 1.82) is 0 Å². The van der Waals surface area contributed by atoms with Gasteiger partial charge in [0.05, 0.1) is 23.7 Å². The minimum absolute atomic E-state index is 0.424. The highest BCUT2D eigenvalue weighted by Gasteiger charge is 2.30. The van der Waals surface area contributed by atoms with E-state index in [-0.39, 0.29) is 0 Å². The number of methoxy groups -OCH3 is 1. The van der Waals surface area contributed by atoms with Gasteiger partial charge in [-0.15, -0.1) is 0 Å². The summed E-state index contributed by atoms with van der Waals surface area (Å²) in [6, 6.07) is 0. The van der Waals surface area contributed by atoms with Crippen molar-refractivity contribution in [3.05, 3.63) is 34.4 Å². The van der Waals surface area contributed by atoms with Crippen LogP contribution in [0.4, 0.5) is 17.6 Å². The molecule has 1 rings (SSSR count). The fraction of sp³-hybridized carbons (Fsp3) is 0.562. The van der Waals surface area contributed by atoms with E-state index < -0.39 is 64.9 Å². The highest BCUT2D eigenvalue weighted by molar-refractivity contribution is 5.72. The number of hydrogen-bond acceptors (Lipinski definition) is 3. The largest absolute Gasteiger partial charge is 0.460 e. The summed E-state index contributed by atoms with van der Waals surface area (Å²) in [6.07, 6.45) is 0. The topological polar surface area (TPSA) is 35.5 Å². The maximum absolute atomic E-state index is 13.9. The van der Waals surface area contributed by atoms with E-state index >= 15 is 0 Å². The molecule has 0 radical (unpaired) electrons. The Balaban J connectivity index is 3.05. The Morgan fingerprint density at radius 1 is 0.957 bits per heavy atom. The number of carbonyl (C=O) groups excluding carboxylic acids is 1. The molecule has 0 heterocycles. The molecule has 0 amide bonds. The third-order valence-corrected chi connectivity index (χ3v) is 3.75. The van der Waals surface area contributed by atoms with Crippen molar-refractivity contribution in [2.24, 2.45) is 11.3 Å². The molecule has 0 aliphatic rings. The van der Waals surface area contributed by atoms with Gasteiger partial charge in [0.1, 0.15) is 6.61 Å². The fourth-order valence-electron chi connectivity index (χ4n) is 1.74. The molecule has 0 aliphatic heterocycles. The van der Waals surface area contributed by atoms with Crippen LogP contribution in [0.3, 0.4) is 0 Å². The Labute approximate surface area is 132 Å². The normalized spacial score (nSPS) is 13.1. The van der Waals surface area contributed by atoms with Gasteiger partial charge in [-0.05, 0) is 5.41 Å². The molecule has 130 valence electrons. The summed E-state index contributed by atoms with van der Waals surface area (Å²) in [5.74, 6) is -7.56. The second-order valence-corrected chi connectivity index (χ2v) is 6.34. The first kappa shape index (κ1) is 19.4. The lowest BCUT2D eigenvalue weighted by atomic mass is 9.82. The van der Waals surface area contributed by atoms with E-state index in [9.17, 15) is 22.4 Å². The average molecular weight is 336 g/mol. The van der Waals surface area contributed by atoms with E-state index in [1.807, 2.05) is 0 Å². The molecule has 0 aliphatic carbocycles. The predicted molar refractivity (Wildman–Crippen MR) is 75.4 cm³/mol. The van der Waals surface area contributed by atoms with Gasteiger partial charge in [0, 0.05) is 7.11 Å². The van der Waals surface area contributed by atoms with Crippen LogP contribution in [0.15, 0.2) is 0 Å². The summed E-state index contributed by atoms with van der Waals surface area (Å²) in [5.41, 5.74) is -2.23. The van der Waals surface area contributed by atoms with Crippen molar-refractivity contribution in [3.8, 4) is 0 Å². The molecule has 3 nitrogen and oxygen atoms in total. The summed E-state index contributed by atoms with van der Waals surface area (Å²) in [4.78, 5) is 11.9. The second-order valence-electron chi connectivity index (χ2n) is 6.34. The first-order valence-corrected chi connectivity index (χ1v) is 7.01. The van der Waals surface area contributed by atoms with Crippen LogP contribution in [-0.2, 0) is 27.5 Å². The van der Waals surface area contributed by atoms with Gasteiger partial charge < -0.3 is 9.47 Å². The molecule has 0 spiro atoms. The molecule has 1 aromatic rings. The maximum Gasteiger partial charge on any atom is 0.309 e. The molecule has 1 aromatic carbocycles. The van der Waals surface area contributed by atoms with Crippen LogP contribution in [0.2, 0.25) is 0 Å². The van der Waals surface area contributed by atoms with Gasteiger partial charge in [-0.3, -0.25) is 4.79 Å². The van der Waals surface area contributed by atoms with Crippen molar-refractivity contribution in [3.63, 3.8) is 0 Å². The first-order chi connectivity index (χ1) is 10.5. The zero-order chi connectivity index (χ0) is 17.9. The molecule has 1 atom stereocenters. The van der Waals surface area contributed by atoms with Gasteiger partial charge in [0.25, 0.3) is 0 Å². The number of benzene rings is 1. The van der Waals surface area contributed by atoms with E-state index in [0.29, 0.717) is 0 Å². The van der Waals surface area contributed by atoms with E-state index in [4.69, 9.17) is 4.74 Å². The summed E-state index contributed by atoms with van der Waals surface area (Å²) < 4.78 is 64.6. The maximum atomic E-state index is 13.9. The smallest absolute Gasteiger partial charge is 0.309 e. The van der Waals surface area contributed by atoms with Gasteiger partial charge in [0.15, 0.2) is 23.3 Å². The van der Waals surface area contributed by atoms with Crippen molar-refractivity contribution in [1.82, 2.24) is 0 Å². The van der Waals surface area contributed by atoms with Gasteiger partial charge in [-0.1, -0.05) is 27.7 Å². The number of esters is 1. The van der Waals surface area contributed by atoms with Crippen molar-refractivity contribution >= 4 is 5.97 Å². The van der Waals surface area contributed by atoms with Crippen LogP contribution in [0, 0.1) is 34.6 Å². The lowest BCUT2D eigenvalue weighted by Crippen LogP contribution is -2.27. The van der Waals surface area contributed by atoms with Gasteiger partial charge in [0.2, 0.25) is 0 Å². The number of hydrogen-bond donors (Lipinski definition) is 0. The highest BCUT2D eigenvalue weighted by Crippen LogP contribution is 2.28. The molecular weight excluding hydrogens is 316 g/mol. The van der Waals surface area contributed by atoms with E-state index in [1.165, 1.54) is 0 Å². The number of ether oxygens (including phenoxy) is 2. The van der Waals surface area contributed by atoms with Gasteiger partial charge in [-0.25, -0.2) is 17.6 Å².